The Morgan fingerprint density at radius 2 is 2.12 bits per heavy atom. The third kappa shape index (κ3) is 2.60. The molecule has 124 valence electrons. The Morgan fingerprint density at radius 3 is 2.79 bits per heavy atom. The van der Waals surface area contributed by atoms with Gasteiger partial charge in [0.15, 0.2) is 11.7 Å². The average Bonchev–Trinajstić information content (AvgIpc) is 3.12. The van der Waals surface area contributed by atoms with Crippen LogP contribution in [0.1, 0.15) is 46.3 Å². The Labute approximate surface area is 138 Å². The van der Waals surface area contributed by atoms with Crippen LogP contribution in [0.4, 0.5) is 5.69 Å². The maximum Gasteiger partial charge on any atom is 0.245 e. The molecule has 1 aliphatic heterocycles. The minimum absolute atomic E-state index is 0.263. The molecule has 1 aromatic carbocycles. The molecule has 1 unspecified atom stereocenters. The van der Waals surface area contributed by atoms with Crippen LogP contribution in [-0.4, -0.2) is 45.1 Å². The number of anilines is 1. The fraction of sp³-hybridized carbons (Fsp3) is 0.375. The van der Waals surface area contributed by atoms with Gasteiger partial charge in [0.2, 0.25) is 17.5 Å². The molecule has 2 aromatic rings. The highest BCUT2D eigenvalue weighted by Crippen LogP contribution is 2.32. The van der Waals surface area contributed by atoms with Crippen molar-refractivity contribution >= 4 is 23.2 Å². The Hall–Kier alpha value is -2.90. The van der Waals surface area contributed by atoms with E-state index in [-0.39, 0.29) is 5.82 Å². The summed E-state index contributed by atoms with van der Waals surface area (Å²) in [6, 6.07) is 5.44. The molecule has 8 nitrogen and oxygen atoms in total. The van der Waals surface area contributed by atoms with E-state index >= 15 is 0 Å². The largest absolute Gasteiger partial charge is 0.314 e. The smallest absolute Gasteiger partial charge is 0.245 e. The van der Waals surface area contributed by atoms with Crippen molar-refractivity contribution in [3.63, 3.8) is 0 Å². The van der Waals surface area contributed by atoms with Crippen LogP contribution in [-0.2, 0) is 11.2 Å². The molecule has 8 heteroatoms. The van der Waals surface area contributed by atoms with E-state index in [2.05, 4.69) is 27.5 Å². The summed E-state index contributed by atoms with van der Waals surface area (Å²) in [6.07, 6.45) is 2.90. The number of unbranched alkanes of at least 4 members (excludes halogenated alkanes) is 1. The molecule has 3 rings (SSSR count). The number of benzene rings is 1. The second-order valence-corrected chi connectivity index (χ2v) is 5.75. The molecule has 24 heavy (non-hydrogen) atoms. The van der Waals surface area contributed by atoms with Gasteiger partial charge in [0, 0.05) is 12.6 Å². The van der Waals surface area contributed by atoms with Crippen molar-refractivity contribution in [2.75, 3.05) is 11.9 Å². The summed E-state index contributed by atoms with van der Waals surface area (Å²) in [5.41, 5.74) is 1.91. The molecule has 1 N–H and O–H groups in total. The van der Waals surface area contributed by atoms with Crippen molar-refractivity contribution in [2.24, 2.45) is 5.92 Å². The zero-order valence-electron chi connectivity index (χ0n) is 13.4. The van der Waals surface area contributed by atoms with E-state index in [1.807, 2.05) is 6.07 Å². The van der Waals surface area contributed by atoms with Crippen molar-refractivity contribution in [1.82, 2.24) is 20.6 Å². The molecular formula is C16H17N5O3. The molecule has 2 heterocycles. The monoisotopic (exact) mass is 327 g/mol. The molecular weight excluding hydrogens is 310 g/mol. The van der Waals surface area contributed by atoms with Gasteiger partial charge in [-0.3, -0.25) is 14.4 Å². The van der Waals surface area contributed by atoms with Crippen LogP contribution in [0.5, 0.6) is 0 Å². The summed E-state index contributed by atoms with van der Waals surface area (Å²) in [7, 11) is 1.55. The number of aromatic amines is 1. The second-order valence-electron chi connectivity index (χ2n) is 5.75. The molecule has 0 saturated heterocycles. The molecule has 0 saturated carbocycles. The number of hydrogen-bond acceptors (Lipinski definition) is 6. The predicted octanol–water partition coefficient (Wildman–Crippen LogP) is 1.20. The number of amides is 1. The fourth-order valence-corrected chi connectivity index (χ4v) is 2.82. The van der Waals surface area contributed by atoms with Crippen molar-refractivity contribution in [3.8, 4) is 0 Å². The van der Waals surface area contributed by atoms with Gasteiger partial charge in [-0.25, -0.2) is 0 Å². The van der Waals surface area contributed by atoms with E-state index in [0.29, 0.717) is 11.3 Å². The van der Waals surface area contributed by atoms with Gasteiger partial charge in [-0.1, -0.05) is 19.4 Å². The number of nitrogens with one attached hydrogen (secondary N) is 1. The van der Waals surface area contributed by atoms with Crippen LogP contribution in [0, 0.1) is 5.92 Å². The fourth-order valence-electron chi connectivity index (χ4n) is 2.82. The van der Waals surface area contributed by atoms with Gasteiger partial charge in [0.25, 0.3) is 0 Å². The Bertz CT molecular complexity index is 800. The molecule has 0 radical (unpaired) electrons. The van der Waals surface area contributed by atoms with Crippen molar-refractivity contribution < 1.29 is 14.4 Å². The van der Waals surface area contributed by atoms with Crippen LogP contribution in [0.3, 0.4) is 0 Å². The molecule has 1 aliphatic rings. The highest BCUT2D eigenvalue weighted by atomic mass is 16.2. The van der Waals surface area contributed by atoms with E-state index in [1.165, 1.54) is 4.90 Å². The number of fused-ring (bicyclic) bond motifs is 1. The SMILES string of the molecule is CCCCc1ccc2c(c1)C(=O)C(C(=O)c1nn[nH]n1)C(=O)N2C. The number of aryl methyl sites for hydroxylation is 1. The zero-order valence-corrected chi connectivity index (χ0v) is 13.4. The van der Waals surface area contributed by atoms with Crippen LogP contribution in [0.2, 0.25) is 0 Å². The summed E-state index contributed by atoms with van der Waals surface area (Å²) >= 11 is 0. The van der Waals surface area contributed by atoms with Crippen molar-refractivity contribution in [3.05, 3.63) is 35.2 Å². The number of aromatic nitrogens is 4. The number of H-pyrrole nitrogens is 1. The Kier molecular flexibility index (Phi) is 4.20. The maximum atomic E-state index is 12.8. The first-order valence-electron chi connectivity index (χ1n) is 7.77. The summed E-state index contributed by atoms with van der Waals surface area (Å²) in [6.45, 7) is 2.09. The quantitative estimate of drug-likeness (QED) is 0.653. The number of Topliss-reactive ketones (excluding diaryl/α,β-unsaturated/α-hetero) is 2. The minimum atomic E-state index is -1.46. The molecule has 1 amide bonds. The van der Waals surface area contributed by atoms with Gasteiger partial charge in [-0.15, -0.1) is 10.2 Å². The summed E-state index contributed by atoms with van der Waals surface area (Å²) in [5.74, 6) is -3.55. The molecule has 0 spiro atoms. The van der Waals surface area contributed by atoms with Crippen LogP contribution >= 0.6 is 0 Å². The Morgan fingerprint density at radius 1 is 1.33 bits per heavy atom. The summed E-state index contributed by atoms with van der Waals surface area (Å²) < 4.78 is 0. The lowest BCUT2D eigenvalue weighted by molar-refractivity contribution is -0.119. The summed E-state index contributed by atoms with van der Waals surface area (Å²) in [5, 5.41) is 12.6. The molecule has 1 atom stereocenters. The average molecular weight is 327 g/mol. The first-order chi connectivity index (χ1) is 11.5. The maximum absolute atomic E-state index is 12.8. The third-order valence-electron chi connectivity index (χ3n) is 4.17. The number of hydrogen-bond donors (Lipinski definition) is 1. The van der Waals surface area contributed by atoms with Crippen LogP contribution < -0.4 is 4.90 Å². The normalized spacial score (nSPS) is 17.1. The Balaban J connectivity index is 2.00. The number of carbonyl (C=O) groups excluding carboxylic acids is 3. The number of tetrazole rings is 1. The third-order valence-corrected chi connectivity index (χ3v) is 4.17. The predicted molar refractivity (Wildman–Crippen MR) is 84.8 cm³/mol. The van der Waals surface area contributed by atoms with E-state index < -0.39 is 23.4 Å². The van der Waals surface area contributed by atoms with E-state index in [9.17, 15) is 14.4 Å². The molecule has 0 bridgehead atoms. The van der Waals surface area contributed by atoms with Gasteiger partial charge in [-0.2, -0.15) is 5.21 Å². The number of nitrogens with zero attached hydrogens (tertiary/aromatic N) is 4. The van der Waals surface area contributed by atoms with Crippen molar-refractivity contribution in [1.29, 1.82) is 0 Å². The van der Waals surface area contributed by atoms with Gasteiger partial charge in [0.1, 0.15) is 0 Å². The number of ketones is 2. The first kappa shape index (κ1) is 16.0. The van der Waals surface area contributed by atoms with Gasteiger partial charge >= 0.3 is 0 Å². The van der Waals surface area contributed by atoms with Crippen LogP contribution in [0.25, 0.3) is 0 Å². The lowest BCUT2D eigenvalue weighted by Gasteiger charge is -2.29. The highest BCUT2D eigenvalue weighted by Gasteiger charge is 2.44. The molecule has 1 aromatic heterocycles. The summed E-state index contributed by atoms with van der Waals surface area (Å²) in [4.78, 5) is 39.0. The van der Waals surface area contributed by atoms with Gasteiger partial charge in [-0.05, 0) is 35.8 Å². The topological polar surface area (TPSA) is 109 Å². The lowest BCUT2D eigenvalue weighted by Crippen LogP contribution is -2.46. The molecule has 0 aliphatic carbocycles. The van der Waals surface area contributed by atoms with Crippen LogP contribution in [0.15, 0.2) is 18.2 Å². The van der Waals surface area contributed by atoms with E-state index in [4.69, 9.17) is 0 Å². The molecule has 0 fully saturated rings. The second kappa shape index (κ2) is 6.31. The van der Waals surface area contributed by atoms with Crippen molar-refractivity contribution in [2.45, 2.75) is 26.2 Å². The van der Waals surface area contributed by atoms with Gasteiger partial charge in [0.05, 0.1) is 5.69 Å². The first-order valence-corrected chi connectivity index (χ1v) is 7.77. The van der Waals surface area contributed by atoms with E-state index in [1.54, 1.807) is 19.2 Å². The number of rotatable bonds is 5. The lowest BCUT2D eigenvalue weighted by atomic mass is 9.86. The van der Waals surface area contributed by atoms with Gasteiger partial charge < -0.3 is 4.90 Å². The zero-order chi connectivity index (χ0) is 17.3. The standard InChI is InChI=1S/C16H17N5O3/c1-3-4-5-9-6-7-11-10(8-9)13(22)12(16(24)21(11)2)14(23)15-17-19-20-18-15/h6-8,12H,3-5H2,1-2H3,(H,17,18,19,20). The highest BCUT2D eigenvalue weighted by molar-refractivity contribution is 6.33. The minimum Gasteiger partial charge on any atom is -0.314 e. The number of carbonyl (C=O) groups is 3. The van der Waals surface area contributed by atoms with E-state index in [0.717, 1.165) is 24.8 Å².